The number of benzene rings is 4. The van der Waals surface area contributed by atoms with Crippen LogP contribution in [0.15, 0.2) is 97.1 Å². The van der Waals surface area contributed by atoms with Crippen molar-refractivity contribution in [2.45, 2.75) is 51.0 Å². The second-order valence-corrected chi connectivity index (χ2v) is 11.0. The molecule has 0 N–H and O–H groups in total. The van der Waals surface area contributed by atoms with Crippen LogP contribution in [0.2, 0.25) is 0 Å². The third-order valence-corrected chi connectivity index (χ3v) is 8.75. The fourth-order valence-electron chi connectivity index (χ4n) is 6.62. The maximum atomic E-state index is 14.5. The fraction of sp³-hybridized carbons (Fsp3) is 0.278. The van der Waals surface area contributed by atoms with Gasteiger partial charge in [0, 0.05) is 16.7 Å². The number of carbonyl (C=O) groups is 2. The Labute approximate surface area is 231 Å². The predicted octanol–water partition coefficient (Wildman–Crippen LogP) is 7.55. The molecule has 1 heterocycles. The second-order valence-electron chi connectivity index (χ2n) is 11.0. The van der Waals surface area contributed by atoms with Crippen LogP contribution in [0.4, 0.5) is 0 Å². The SMILES string of the molecule is CCC(Cc1ccccc1)(C(=O)c1ccc2c(c1)Cc1cc(C(=O)c3ccccc3)ccc1-2)N1CCCCC1. The summed E-state index contributed by atoms with van der Waals surface area (Å²) in [6.45, 7) is 4.12. The first-order chi connectivity index (χ1) is 19.1. The van der Waals surface area contributed by atoms with E-state index >= 15 is 0 Å². The number of Topliss-reactive ketones (excluding diaryl/α,β-unsaturated/α-hetero) is 1. The number of piperidine rings is 1. The molecule has 0 amide bonds. The van der Waals surface area contributed by atoms with Gasteiger partial charge in [0.15, 0.2) is 11.6 Å². The highest BCUT2D eigenvalue weighted by Crippen LogP contribution is 2.39. The fourth-order valence-corrected chi connectivity index (χ4v) is 6.62. The molecule has 3 heteroatoms. The molecule has 1 saturated heterocycles. The van der Waals surface area contributed by atoms with Crippen LogP contribution in [0, 0.1) is 0 Å². The number of ketones is 2. The summed E-state index contributed by atoms with van der Waals surface area (Å²) in [6, 6.07) is 32.2. The van der Waals surface area contributed by atoms with Gasteiger partial charge in [0.1, 0.15) is 0 Å². The summed E-state index contributed by atoms with van der Waals surface area (Å²) >= 11 is 0. The lowest BCUT2D eigenvalue weighted by molar-refractivity contribution is 0.0435. The number of fused-ring (bicyclic) bond motifs is 3. The first kappa shape index (κ1) is 25.5. The van der Waals surface area contributed by atoms with Crippen LogP contribution in [0.3, 0.4) is 0 Å². The van der Waals surface area contributed by atoms with Crippen LogP contribution in [-0.4, -0.2) is 35.1 Å². The second kappa shape index (κ2) is 10.7. The minimum absolute atomic E-state index is 0.0420. The van der Waals surface area contributed by atoms with Crippen LogP contribution < -0.4 is 0 Å². The number of rotatable bonds is 8. The molecule has 3 nitrogen and oxygen atoms in total. The van der Waals surface area contributed by atoms with Crippen LogP contribution in [0.25, 0.3) is 11.1 Å². The van der Waals surface area contributed by atoms with Gasteiger partial charge in [-0.05, 0) is 85.1 Å². The van der Waals surface area contributed by atoms with Crippen molar-refractivity contribution in [3.05, 3.63) is 130 Å². The molecule has 1 unspecified atom stereocenters. The van der Waals surface area contributed by atoms with Crippen LogP contribution in [0.1, 0.15) is 75.6 Å². The van der Waals surface area contributed by atoms with E-state index in [4.69, 9.17) is 0 Å². The van der Waals surface area contributed by atoms with E-state index in [0.717, 1.165) is 61.9 Å². The molecule has 0 spiro atoms. The Morgan fingerprint density at radius 3 is 1.92 bits per heavy atom. The normalized spacial score (nSPS) is 16.2. The number of hydrogen-bond donors (Lipinski definition) is 0. The highest BCUT2D eigenvalue weighted by Gasteiger charge is 2.43. The van der Waals surface area contributed by atoms with Gasteiger partial charge in [-0.15, -0.1) is 0 Å². The van der Waals surface area contributed by atoms with Gasteiger partial charge in [-0.3, -0.25) is 14.5 Å². The van der Waals surface area contributed by atoms with Gasteiger partial charge in [0.05, 0.1) is 5.54 Å². The minimum Gasteiger partial charge on any atom is -0.292 e. The molecule has 39 heavy (non-hydrogen) atoms. The van der Waals surface area contributed by atoms with Crippen LogP contribution in [0.5, 0.6) is 0 Å². The lowest BCUT2D eigenvalue weighted by Gasteiger charge is -2.44. The predicted molar refractivity (Wildman–Crippen MR) is 157 cm³/mol. The molecule has 4 aromatic carbocycles. The van der Waals surface area contributed by atoms with Crippen molar-refractivity contribution in [3.63, 3.8) is 0 Å². The molecule has 1 aliphatic heterocycles. The number of carbonyl (C=O) groups excluding carboxylic acids is 2. The highest BCUT2D eigenvalue weighted by atomic mass is 16.1. The average Bonchev–Trinajstić information content (AvgIpc) is 3.37. The molecule has 0 aromatic heterocycles. The van der Waals surface area contributed by atoms with Gasteiger partial charge < -0.3 is 0 Å². The van der Waals surface area contributed by atoms with Gasteiger partial charge in [-0.25, -0.2) is 0 Å². The van der Waals surface area contributed by atoms with Crippen molar-refractivity contribution in [1.82, 2.24) is 4.90 Å². The van der Waals surface area contributed by atoms with Crippen molar-refractivity contribution < 1.29 is 9.59 Å². The van der Waals surface area contributed by atoms with E-state index in [1.165, 1.54) is 23.1 Å². The molecule has 4 aromatic rings. The van der Waals surface area contributed by atoms with E-state index in [9.17, 15) is 9.59 Å². The third kappa shape index (κ3) is 4.77. The zero-order chi connectivity index (χ0) is 26.8. The zero-order valence-corrected chi connectivity index (χ0v) is 22.7. The van der Waals surface area contributed by atoms with Crippen LogP contribution in [-0.2, 0) is 12.8 Å². The summed E-state index contributed by atoms with van der Waals surface area (Å²) in [4.78, 5) is 30.0. The van der Waals surface area contributed by atoms with Crippen molar-refractivity contribution in [2.75, 3.05) is 13.1 Å². The number of nitrogens with zero attached hydrogens (tertiary/aromatic N) is 1. The van der Waals surface area contributed by atoms with E-state index in [0.29, 0.717) is 11.1 Å². The van der Waals surface area contributed by atoms with E-state index in [1.807, 2.05) is 54.6 Å². The largest absolute Gasteiger partial charge is 0.292 e. The van der Waals surface area contributed by atoms with E-state index in [1.54, 1.807) is 0 Å². The average molecular weight is 514 g/mol. The van der Waals surface area contributed by atoms with Gasteiger partial charge in [0.2, 0.25) is 0 Å². The molecular weight excluding hydrogens is 478 g/mol. The number of likely N-dealkylation sites (tertiary alicyclic amines) is 1. The molecule has 6 rings (SSSR count). The summed E-state index contributed by atoms with van der Waals surface area (Å²) in [5, 5.41) is 0. The summed E-state index contributed by atoms with van der Waals surface area (Å²) in [5.74, 6) is 0.273. The van der Waals surface area contributed by atoms with Crippen molar-refractivity contribution >= 4 is 11.6 Å². The van der Waals surface area contributed by atoms with Crippen molar-refractivity contribution in [1.29, 1.82) is 0 Å². The van der Waals surface area contributed by atoms with E-state index in [2.05, 4.69) is 54.3 Å². The molecule has 2 aliphatic rings. The lowest BCUT2D eigenvalue weighted by atomic mass is 9.78. The monoisotopic (exact) mass is 513 g/mol. The Morgan fingerprint density at radius 2 is 1.28 bits per heavy atom. The van der Waals surface area contributed by atoms with Crippen molar-refractivity contribution in [2.24, 2.45) is 0 Å². The molecule has 0 radical (unpaired) electrons. The maximum Gasteiger partial charge on any atom is 0.193 e. The summed E-state index contributed by atoms with van der Waals surface area (Å²) in [6.07, 6.45) is 5.78. The highest BCUT2D eigenvalue weighted by molar-refractivity contribution is 6.09. The van der Waals surface area contributed by atoms with Gasteiger partial charge >= 0.3 is 0 Å². The lowest BCUT2D eigenvalue weighted by Crippen LogP contribution is -2.57. The molecule has 1 atom stereocenters. The smallest absolute Gasteiger partial charge is 0.193 e. The third-order valence-electron chi connectivity index (χ3n) is 8.75. The minimum atomic E-state index is -0.545. The Bertz CT molecular complexity index is 1500. The van der Waals surface area contributed by atoms with Gasteiger partial charge in [-0.1, -0.05) is 98.3 Å². The molecular formula is C36H35NO2. The molecule has 0 saturated carbocycles. The summed E-state index contributed by atoms with van der Waals surface area (Å²) in [5.41, 5.74) is 7.53. The quantitative estimate of drug-likeness (QED) is 0.201. The standard InChI is InChI=1S/C36H35NO2/c1-2-36(37-20-10-5-11-21-37,25-26-12-6-3-7-13-26)35(39)29-17-19-33-31(23-29)24-30-22-28(16-18-32(30)33)34(38)27-14-8-4-9-15-27/h3-4,6-9,12-19,22-23H,2,5,10-11,20-21,24-25H2,1H3. The topological polar surface area (TPSA) is 37.4 Å². The Morgan fingerprint density at radius 1 is 0.692 bits per heavy atom. The molecule has 1 fully saturated rings. The maximum absolute atomic E-state index is 14.5. The Kier molecular flexibility index (Phi) is 7.01. The summed E-state index contributed by atoms with van der Waals surface area (Å²) in [7, 11) is 0. The van der Waals surface area contributed by atoms with Crippen LogP contribution >= 0.6 is 0 Å². The Balaban J connectivity index is 1.32. The number of hydrogen-bond acceptors (Lipinski definition) is 3. The van der Waals surface area contributed by atoms with Crippen molar-refractivity contribution in [3.8, 4) is 11.1 Å². The van der Waals surface area contributed by atoms with Gasteiger partial charge in [0.25, 0.3) is 0 Å². The molecule has 0 bridgehead atoms. The zero-order valence-electron chi connectivity index (χ0n) is 22.7. The summed E-state index contributed by atoms with van der Waals surface area (Å²) < 4.78 is 0. The molecule has 196 valence electrons. The van der Waals surface area contributed by atoms with E-state index < -0.39 is 5.54 Å². The van der Waals surface area contributed by atoms with Gasteiger partial charge in [-0.2, -0.15) is 0 Å². The Hall–Kier alpha value is -3.82. The first-order valence-electron chi connectivity index (χ1n) is 14.3. The first-order valence-corrected chi connectivity index (χ1v) is 14.3. The van der Waals surface area contributed by atoms with E-state index in [-0.39, 0.29) is 11.6 Å². The molecule has 1 aliphatic carbocycles.